The fraction of sp³-hybridized carbons (Fsp3) is 0.231. The van der Waals surface area contributed by atoms with Crippen molar-refractivity contribution < 1.29 is 46.1 Å². The Morgan fingerprint density at radius 2 is 1.25 bits per heavy atom. The maximum atomic E-state index is 12.8. The molecule has 0 aliphatic rings. The van der Waals surface area contributed by atoms with Crippen molar-refractivity contribution in [1.82, 2.24) is 4.57 Å². The van der Waals surface area contributed by atoms with E-state index in [1.165, 1.54) is 37.6 Å². The number of hydrogen-bond acceptors (Lipinski definition) is 7. The van der Waals surface area contributed by atoms with Crippen LogP contribution in [0.15, 0.2) is 35.1 Å². The molecule has 1 aromatic heterocycles. The van der Waals surface area contributed by atoms with Gasteiger partial charge in [-0.1, -0.05) is 0 Å². The summed E-state index contributed by atoms with van der Waals surface area (Å²) in [6.45, 7) is 0. The quantitative estimate of drug-likeness (QED) is 0.406. The Hall–Kier alpha value is -4.11. The number of phenols is 2. The van der Waals surface area contributed by atoms with Gasteiger partial charge in [0.15, 0.2) is 23.0 Å². The van der Waals surface area contributed by atoms with Gasteiger partial charge in [-0.3, -0.25) is 0 Å². The summed E-state index contributed by atoms with van der Waals surface area (Å²) in [6, 6.07) is 8.56. The van der Waals surface area contributed by atoms with Crippen LogP contribution in [0.25, 0.3) is 24.3 Å². The van der Waals surface area contributed by atoms with E-state index >= 15 is 0 Å². The van der Waals surface area contributed by atoms with Crippen LogP contribution < -0.4 is 41.6 Å². The van der Waals surface area contributed by atoms with Crippen LogP contribution in [0.3, 0.4) is 0 Å². The predicted molar refractivity (Wildman–Crippen MR) is 133 cm³/mol. The molecule has 2 N–H and O–H groups in total. The number of methoxy groups -OCH3 is 4. The molecule has 0 unspecified atom stereocenters. The lowest BCUT2D eigenvalue weighted by Gasteiger charge is -2.11. The van der Waals surface area contributed by atoms with Gasteiger partial charge in [0.05, 0.1) is 42.5 Å². The highest BCUT2D eigenvalue weighted by Gasteiger charge is 2.16. The van der Waals surface area contributed by atoms with Crippen LogP contribution in [0.1, 0.15) is 22.5 Å². The van der Waals surface area contributed by atoms with Crippen molar-refractivity contribution in [2.75, 3.05) is 28.4 Å². The van der Waals surface area contributed by atoms with Gasteiger partial charge in [-0.05, 0) is 48.6 Å². The Kier molecular flexibility index (Phi) is 9.40. The van der Waals surface area contributed by atoms with Crippen LogP contribution >= 0.6 is 0 Å². The van der Waals surface area contributed by atoms with E-state index in [2.05, 4.69) is 0 Å². The Morgan fingerprint density at radius 1 is 0.778 bits per heavy atom. The van der Waals surface area contributed by atoms with Crippen molar-refractivity contribution in [2.45, 2.75) is 0 Å². The summed E-state index contributed by atoms with van der Waals surface area (Å²) in [6.07, 6.45) is 6.79. The minimum atomic E-state index is -0.250. The summed E-state index contributed by atoms with van der Waals surface area (Å²) in [4.78, 5) is 12.8. The number of halogens is 1. The first-order valence-electron chi connectivity index (χ1n) is 10.6. The van der Waals surface area contributed by atoms with Crippen LogP contribution in [0, 0.1) is 0 Å². The number of rotatable bonds is 8. The molecule has 3 rings (SSSR count). The Bertz CT molecular complexity index is 1260. The van der Waals surface area contributed by atoms with Gasteiger partial charge in [0.2, 0.25) is 11.5 Å². The van der Waals surface area contributed by atoms with Crippen LogP contribution in [-0.4, -0.2) is 43.2 Å². The van der Waals surface area contributed by atoms with Gasteiger partial charge >= 0.3 is 5.69 Å². The van der Waals surface area contributed by atoms with Crippen LogP contribution in [-0.2, 0) is 14.1 Å². The smallest absolute Gasteiger partial charge is 0.498 e. The molecule has 0 spiro atoms. The summed E-state index contributed by atoms with van der Waals surface area (Å²) >= 11 is 0. The summed E-state index contributed by atoms with van der Waals surface area (Å²) in [7, 11) is 9.18. The number of phenolic OH excluding ortho intramolecular Hbond substituents is 2. The standard InChI is InChI=1S/C26H28N2O7.ClH/c1-27-18(11-7-16-9-13-20(32-3)24(34-5)22(16)29)15-19(28(2)26(27)31)12-8-17-10-14-21(33-4)25(35-6)23(17)30;/h7-15H,1-6H3,(H,29,30);1H. The molecule has 9 nitrogen and oxygen atoms in total. The zero-order valence-electron chi connectivity index (χ0n) is 20.9. The number of nitrogens with zero attached hydrogens (tertiary/aromatic N) is 2. The molecule has 0 aliphatic heterocycles. The second kappa shape index (κ2) is 12.0. The van der Waals surface area contributed by atoms with E-state index in [1.807, 2.05) is 6.07 Å². The van der Waals surface area contributed by atoms with E-state index in [0.717, 1.165) is 0 Å². The maximum absolute atomic E-state index is 12.8. The van der Waals surface area contributed by atoms with E-state index in [0.29, 0.717) is 34.0 Å². The lowest BCUT2D eigenvalue weighted by atomic mass is 10.1. The summed E-state index contributed by atoms with van der Waals surface area (Å²) in [5.41, 5.74) is 1.93. The van der Waals surface area contributed by atoms with Crippen molar-refractivity contribution in [3.63, 3.8) is 0 Å². The fourth-order valence-electron chi connectivity index (χ4n) is 3.58. The first kappa shape index (κ1) is 28.1. The van der Waals surface area contributed by atoms with Crippen LogP contribution in [0.4, 0.5) is 0 Å². The van der Waals surface area contributed by atoms with E-state index in [4.69, 9.17) is 18.9 Å². The molecule has 192 valence electrons. The molecule has 0 atom stereocenters. The third-order valence-corrected chi connectivity index (χ3v) is 5.61. The lowest BCUT2D eigenvalue weighted by Crippen LogP contribution is -3.00. The molecule has 0 saturated heterocycles. The van der Waals surface area contributed by atoms with Crippen molar-refractivity contribution in [1.29, 1.82) is 0 Å². The molecule has 10 heteroatoms. The third-order valence-electron chi connectivity index (χ3n) is 5.61. The second-order valence-corrected chi connectivity index (χ2v) is 7.54. The molecule has 1 heterocycles. The number of hydrogen-bond donors (Lipinski definition) is 2. The summed E-state index contributed by atoms with van der Waals surface area (Å²) in [5.74, 6) is 1.12. The molecule has 0 radical (unpaired) electrons. The molecule has 3 aromatic rings. The third kappa shape index (κ3) is 5.41. The minimum Gasteiger partial charge on any atom is -1.00 e. The van der Waals surface area contributed by atoms with Crippen molar-refractivity contribution >= 4 is 24.3 Å². The highest BCUT2D eigenvalue weighted by molar-refractivity contribution is 5.77. The van der Waals surface area contributed by atoms with Gasteiger partial charge in [-0.15, -0.1) is 0 Å². The summed E-state index contributed by atoms with van der Waals surface area (Å²) in [5, 5.41) is 21.1. The van der Waals surface area contributed by atoms with Gasteiger partial charge in [0, 0.05) is 17.2 Å². The first-order valence-corrected chi connectivity index (χ1v) is 10.6. The van der Waals surface area contributed by atoms with E-state index in [-0.39, 0.29) is 41.1 Å². The zero-order chi connectivity index (χ0) is 25.7. The summed E-state index contributed by atoms with van der Waals surface area (Å²) < 4.78 is 23.8. The Morgan fingerprint density at radius 3 is 1.69 bits per heavy atom. The molecule has 0 bridgehead atoms. The van der Waals surface area contributed by atoms with Crippen LogP contribution in [0.2, 0.25) is 0 Å². The molecule has 0 saturated carbocycles. The number of aromatic hydroxyl groups is 2. The van der Waals surface area contributed by atoms with Gasteiger partial charge in [0.25, 0.3) is 0 Å². The topological polar surface area (TPSA) is 103 Å². The number of aromatic nitrogens is 2. The van der Waals surface area contributed by atoms with Crippen LogP contribution in [0.5, 0.6) is 34.5 Å². The number of benzene rings is 2. The maximum Gasteiger partial charge on any atom is 0.498 e. The molecule has 0 amide bonds. The molecule has 0 fully saturated rings. The molecule has 2 aromatic carbocycles. The monoisotopic (exact) mass is 516 g/mol. The van der Waals surface area contributed by atoms with Crippen molar-refractivity contribution in [3.8, 4) is 34.5 Å². The van der Waals surface area contributed by atoms with Gasteiger partial charge in [-0.2, -0.15) is 13.9 Å². The van der Waals surface area contributed by atoms with Gasteiger partial charge in [0.1, 0.15) is 11.4 Å². The molecule has 36 heavy (non-hydrogen) atoms. The first-order chi connectivity index (χ1) is 16.8. The Balaban J connectivity index is 0.00000456. The normalized spacial score (nSPS) is 10.9. The van der Waals surface area contributed by atoms with Gasteiger partial charge < -0.3 is 41.6 Å². The van der Waals surface area contributed by atoms with E-state index in [1.54, 1.807) is 62.7 Å². The lowest BCUT2D eigenvalue weighted by molar-refractivity contribution is -0.692. The van der Waals surface area contributed by atoms with Crippen molar-refractivity contribution in [2.24, 2.45) is 14.1 Å². The molecule has 0 aliphatic carbocycles. The molecular formula is C26H29ClN2O7. The average molecular weight is 517 g/mol. The van der Waals surface area contributed by atoms with E-state index < -0.39 is 0 Å². The number of ether oxygens (including phenoxy) is 4. The predicted octanol–water partition coefficient (Wildman–Crippen LogP) is 0.000200. The van der Waals surface area contributed by atoms with Crippen molar-refractivity contribution in [3.05, 3.63) is 63.3 Å². The van der Waals surface area contributed by atoms with E-state index in [9.17, 15) is 15.0 Å². The largest absolute Gasteiger partial charge is 1.00 e. The average Bonchev–Trinajstić information content (AvgIpc) is 2.87. The highest BCUT2D eigenvalue weighted by Crippen LogP contribution is 2.40. The Labute approximate surface area is 215 Å². The second-order valence-electron chi connectivity index (χ2n) is 7.54. The fourth-order valence-corrected chi connectivity index (χ4v) is 3.58. The molecular weight excluding hydrogens is 488 g/mol. The zero-order valence-corrected chi connectivity index (χ0v) is 21.7. The highest BCUT2D eigenvalue weighted by atomic mass is 35.5. The SMILES string of the molecule is COc1ccc(C=Cc2cc(C=Cc3ccc(OC)c(OC)c3O)[n+](C)c(=O)n2C)c(O)c1OC.[Cl-]. The van der Waals surface area contributed by atoms with Gasteiger partial charge in [-0.25, -0.2) is 0 Å². The minimum absolute atomic E-state index is 0.